The monoisotopic (exact) mass is 315 g/mol. The van der Waals surface area contributed by atoms with Crippen LogP contribution in [0.2, 0.25) is 0 Å². The number of halogens is 1. The van der Waals surface area contributed by atoms with E-state index in [0.717, 1.165) is 5.56 Å². The Morgan fingerprint density at radius 1 is 1.22 bits per heavy atom. The first-order valence-electron chi connectivity index (χ1n) is 7.53. The molecule has 1 aliphatic heterocycles. The fraction of sp³-hybridized carbons (Fsp3) is 0.278. The molecule has 0 bridgehead atoms. The molecule has 0 spiro atoms. The highest BCUT2D eigenvalue weighted by Crippen LogP contribution is 2.24. The Hall–Kier alpha value is -2.24. The van der Waals surface area contributed by atoms with E-state index in [4.69, 9.17) is 4.74 Å². The molecule has 0 aromatic heterocycles. The largest absolute Gasteiger partial charge is 0.385 e. The normalized spacial score (nSPS) is 19.7. The molecule has 0 radical (unpaired) electrons. The average molecular weight is 315 g/mol. The van der Waals surface area contributed by atoms with Gasteiger partial charge >= 0.3 is 0 Å². The lowest BCUT2D eigenvalue weighted by Gasteiger charge is -2.34. The molecule has 1 fully saturated rings. The summed E-state index contributed by atoms with van der Waals surface area (Å²) in [4.78, 5) is 14.2. The van der Waals surface area contributed by atoms with Gasteiger partial charge < -0.3 is 14.7 Å². The second kappa shape index (κ2) is 6.89. The molecule has 1 amide bonds. The van der Waals surface area contributed by atoms with Crippen LogP contribution in [0.4, 0.5) is 4.39 Å². The van der Waals surface area contributed by atoms with E-state index < -0.39 is 18.0 Å². The van der Waals surface area contributed by atoms with Crippen LogP contribution in [0.5, 0.6) is 0 Å². The number of nitrogens with zero attached hydrogens (tertiary/aromatic N) is 1. The first kappa shape index (κ1) is 15.6. The van der Waals surface area contributed by atoms with Gasteiger partial charge in [0.1, 0.15) is 11.9 Å². The van der Waals surface area contributed by atoms with Gasteiger partial charge in [-0.05, 0) is 23.3 Å². The Bertz CT molecular complexity index is 677. The number of rotatable bonds is 4. The van der Waals surface area contributed by atoms with Gasteiger partial charge in [0.05, 0.1) is 6.61 Å². The molecule has 1 N–H and O–H groups in total. The van der Waals surface area contributed by atoms with Crippen LogP contribution < -0.4 is 0 Å². The lowest BCUT2D eigenvalue weighted by atomic mass is 10.0. The van der Waals surface area contributed by atoms with Crippen molar-refractivity contribution in [3.05, 3.63) is 71.5 Å². The van der Waals surface area contributed by atoms with Gasteiger partial charge in [0.15, 0.2) is 6.10 Å². The summed E-state index contributed by atoms with van der Waals surface area (Å²) in [6, 6.07) is 15.2. The van der Waals surface area contributed by atoms with Crippen LogP contribution in [-0.4, -0.2) is 35.2 Å². The van der Waals surface area contributed by atoms with E-state index in [1.165, 1.54) is 18.2 Å². The fourth-order valence-corrected chi connectivity index (χ4v) is 2.70. The van der Waals surface area contributed by atoms with Gasteiger partial charge in [-0.2, -0.15) is 0 Å². The molecule has 0 aliphatic carbocycles. The van der Waals surface area contributed by atoms with Crippen LogP contribution in [0.25, 0.3) is 0 Å². The maximum absolute atomic E-state index is 13.3. The molecule has 120 valence electrons. The smallest absolute Gasteiger partial charge is 0.255 e. The number of aliphatic hydroxyl groups is 1. The van der Waals surface area contributed by atoms with Crippen molar-refractivity contribution in [1.29, 1.82) is 0 Å². The highest BCUT2D eigenvalue weighted by Gasteiger charge is 2.35. The third-order valence-electron chi connectivity index (χ3n) is 3.91. The first-order valence-corrected chi connectivity index (χ1v) is 7.53. The van der Waals surface area contributed by atoms with E-state index in [1.807, 2.05) is 30.3 Å². The Labute approximate surface area is 134 Å². The Kier molecular flexibility index (Phi) is 4.69. The van der Waals surface area contributed by atoms with Gasteiger partial charge in [-0.25, -0.2) is 4.39 Å². The number of carbonyl (C=O) groups excluding carboxylic acids is 1. The van der Waals surface area contributed by atoms with Crippen molar-refractivity contribution in [1.82, 2.24) is 4.90 Å². The Morgan fingerprint density at radius 3 is 2.74 bits per heavy atom. The number of hydrogen-bond acceptors (Lipinski definition) is 3. The quantitative estimate of drug-likeness (QED) is 0.942. The molecule has 4 nitrogen and oxygen atoms in total. The number of morpholine rings is 1. The predicted octanol–water partition coefficient (Wildman–Crippen LogP) is 2.29. The summed E-state index contributed by atoms with van der Waals surface area (Å²) in [5.74, 6) is -0.734. The Balaban J connectivity index is 1.74. The topological polar surface area (TPSA) is 49.8 Å². The molecule has 2 aromatic carbocycles. The van der Waals surface area contributed by atoms with Crippen molar-refractivity contribution >= 4 is 5.91 Å². The molecule has 1 aliphatic rings. The lowest BCUT2D eigenvalue weighted by Crippen LogP contribution is -2.49. The van der Waals surface area contributed by atoms with Gasteiger partial charge in [0, 0.05) is 13.1 Å². The van der Waals surface area contributed by atoms with Crippen molar-refractivity contribution in [2.45, 2.75) is 18.8 Å². The first-order chi connectivity index (χ1) is 11.1. The average Bonchev–Trinajstić information content (AvgIpc) is 2.57. The second-order valence-electron chi connectivity index (χ2n) is 5.54. The summed E-state index contributed by atoms with van der Waals surface area (Å²) in [6.07, 6.45) is -2.19. The summed E-state index contributed by atoms with van der Waals surface area (Å²) in [6.45, 7) is 1.28. The predicted molar refractivity (Wildman–Crippen MR) is 83.0 cm³/mol. The van der Waals surface area contributed by atoms with Crippen molar-refractivity contribution in [3.63, 3.8) is 0 Å². The Morgan fingerprint density at radius 2 is 2.00 bits per heavy atom. The fourth-order valence-electron chi connectivity index (χ4n) is 2.70. The van der Waals surface area contributed by atoms with Crippen LogP contribution in [0.1, 0.15) is 17.2 Å². The molecule has 1 heterocycles. The van der Waals surface area contributed by atoms with E-state index >= 15 is 0 Å². The summed E-state index contributed by atoms with van der Waals surface area (Å²) in [7, 11) is 0. The van der Waals surface area contributed by atoms with Gasteiger partial charge in [-0.3, -0.25) is 4.79 Å². The zero-order valence-electron chi connectivity index (χ0n) is 12.6. The van der Waals surface area contributed by atoms with E-state index in [2.05, 4.69) is 0 Å². The minimum Gasteiger partial charge on any atom is -0.385 e. The third-order valence-corrected chi connectivity index (χ3v) is 3.91. The number of hydrogen-bond donors (Lipinski definition) is 1. The molecule has 0 saturated carbocycles. The molecule has 3 rings (SSSR count). The maximum atomic E-state index is 13.3. The number of amides is 1. The standard InChI is InChI=1S/C18H18FNO3/c19-15-8-4-7-14(11-15)16(21)17-18(22)20(9-10-23-17)12-13-5-2-1-3-6-13/h1-8,11,16-17,21H,9-10,12H2/t16-,17+/m0/s1. The highest BCUT2D eigenvalue weighted by atomic mass is 19.1. The van der Waals surface area contributed by atoms with Crippen molar-refractivity contribution in [3.8, 4) is 0 Å². The number of benzene rings is 2. The number of aliphatic hydroxyl groups excluding tert-OH is 1. The maximum Gasteiger partial charge on any atom is 0.255 e. The molecule has 2 aromatic rings. The summed E-state index contributed by atoms with van der Waals surface area (Å²) < 4.78 is 18.8. The zero-order valence-corrected chi connectivity index (χ0v) is 12.6. The van der Waals surface area contributed by atoms with Crippen molar-refractivity contribution < 1.29 is 19.0 Å². The molecule has 23 heavy (non-hydrogen) atoms. The van der Waals surface area contributed by atoms with E-state index in [0.29, 0.717) is 25.3 Å². The van der Waals surface area contributed by atoms with E-state index in [-0.39, 0.29) is 5.91 Å². The van der Waals surface area contributed by atoms with E-state index in [9.17, 15) is 14.3 Å². The van der Waals surface area contributed by atoms with Crippen LogP contribution in [-0.2, 0) is 16.1 Å². The molecule has 2 atom stereocenters. The molecule has 0 unspecified atom stereocenters. The molecular formula is C18H18FNO3. The SMILES string of the molecule is O=C1[C@@H]([C@@H](O)c2cccc(F)c2)OCCN1Cc1ccccc1. The third kappa shape index (κ3) is 3.57. The zero-order chi connectivity index (χ0) is 16.2. The second-order valence-corrected chi connectivity index (χ2v) is 5.54. The van der Waals surface area contributed by atoms with Gasteiger partial charge in [0.25, 0.3) is 5.91 Å². The molecule has 1 saturated heterocycles. The van der Waals surface area contributed by atoms with Crippen molar-refractivity contribution in [2.24, 2.45) is 0 Å². The summed E-state index contributed by atoms with van der Waals surface area (Å²) in [5.41, 5.74) is 1.35. The molecular weight excluding hydrogens is 297 g/mol. The van der Waals surface area contributed by atoms with Crippen LogP contribution in [0.3, 0.4) is 0 Å². The summed E-state index contributed by atoms with van der Waals surface area (Å²) >= 11 is 0. The number of ether oxygens (including phenoxy) is 1. The lowest BCUT2D eigenvalue weighted by molar-refractivity contribution is -0.164. The van der Waals surface area contributed by atoms with Gasteiger partial charge in [-0.1, -0.05) is 42.5 Å². The van der Waals surface area contributed by atoms with Gasteiger partial charge in [0.2, 0.25) is 0 Å². The highest BCUT2D eigenvalue weighted by molar-refractivity contribution is 5.82. The van der Waals surface area contributed by atoms with Gasteiger partial charge in [-0.15, -0.1) is 0 Å². The summed E-state index contributed by atoms with van der Waals surface area (Å²) in [5, 5.41) is 10.4. The van der Waals surface area contributed by atoms with Crippen LogP contribution >= 0.6 is 0 Å². The van der Waals surface area contributed by atoms with E-state index in [1.54, 1.807) is 11.0 Å². The molecule has 5 heteroatoms. The van der Waals surface area contributed by atoms with Crippen LogP contribution in [0, 0.1) is 5.82 Å². The number of carbonyl (C=O) groups is 1. The minimum atomic E-state index is -1.18. The van der Waals surface area contributed by atoms with Crippen LogP contribution in [0.15, 0.2) is 54.6 Å². The minimum absolute atomic E-state index is 0.281. The van der Waals surface area contributed by atoms with Crippen molar-refractivity contribution in [2.75, 3.05) is 13.2 Å².